The Balaban J connectivity index is 1.19. The van der Waals surface area contributed by atoms with Gasteiger partial charge in [-0.1, -0.05) is 41.9 Å². The molecule has 2 fully saturated rings. The van der Waals surface area contributed by atoms with Gasteiger partial charge in [-0.15, -0.1) is 0 Å². The fourth-order valence-electron chi connectivity index (χ4n) is 5.88. The van der Waals surface area contributed by atoms with Crippen molar-refractivity contribution in [2.45, 2.75) is 46.1 Å². The first-order valence-electron chi connectivity index (χ1n) is 14.1. The predicted molar refractivity (Wildman–Crippen MR) is 158 cm³/mol. The molecule has 3 aromatic carbocycles. The Labute approximate surface area is 241 Å². The molecular formula is C33H38ClNO5. The Kier molecular flexibility index (Phi) is 8.99. The van der Waals surface area contributed by atoms with Crippen LogP contribution in [0.5, 0.6) is 17.2 Å². The van der Waals surface area contributed by atoms with E-state index < -0.39 is 0 Å². The second-order valence-corrected chi connectivity index (χ2v) is 11.5. The number of nitrogens with zero attached hydrogens (tertiary/aromatic N) is 1. The number of piperidine rings is 1. The number of hydrogen-bond donors (Lipinski definition) is 1. The first-order valence-corrected chi connectivity index (χ1v) is 14.5. The molecule has 6 nitrogen and oxygen atoms in total. The van der Waals surface area contributed by atoms with E-state index in [9.17, 15) is 9.90 Å². The summed E-state index contributed by atoms with van der Waals surface area (Å²) in [5, 5.41) is 10.3. The van der Waals surface area contributed by atoms with Crippen LogP contribution in [-0.2, 0) is 11.3 Å². The van der Waals surface area contributed by atoms with Crippen LogP contribution in [0.2, 0.25) is 5.02 Å². The summed E-state index contributed by atoms with van der Waals surface area (Å²) in [4.78, 5) is 13.6. The Morgan fingerprint density at radius 1 is 1.00 bits per heavy atom. The Hall–Kier alpha value is -3.06. The number of phenols is 1. The van der Waals surface area contributed by atoms with Crippen molar-refractivity contribution in [3.63, 3.8) is 0 Å². The van der Waals surface area contributed by atoms with E-state index in [1.807, 2.05) is 24.3 Å². The van der Waals surface area contributed by atoms with Gasteiger partial charge < -0.3 is 24.2 Å². The van der Waals surface area contributed by atoms with Gasteiger partial charge in [-0.05, 0) is 98.0 Å². The summed E-state index contributed by atoms with van der Waals surface area (Å²) in [6, 6.07) is 15.1. The number of carbonyl (C=O) groups is 1. The van der Waals surface area contributed by atoms with Crippen molar-refractivity contribution >= 4 is 17.9 Å². The number of aromatic hydroxyl groups is 1. The number of benzene rings is 3. The zero-order chi connectivity index (χ0) is 28.1. The van der Waals surface area contributed by atoms with Gasteiger partial charge in [0.1, 0.15) is 23.9 Å². The molecule has 40 heavy (non-hydrogen) atoms. The smallest absolute Gasteiger partial charge is 0.153 e. The molecule has 2 heterocycles. The third-order valence-electron chi connectivity index (χ3n) is 8.59. The van der Waals surface area contributed by atoms with Gasteiger partial charge in [0.2, 0.25) is 0 Å². The third-order valence-corrected chi connectivity index (χ3v) is 8.88. The number of aldehydes is 1. The van der Waals surface area contributed by atoms with E-state index >= 15 is 0 Å². The Morgan fingerprint density at radius 2 is 1.75 bits per heavy atom. The molecular weight excluding hydrogens is 526 g/mol. The van der Waals surface area contributed by atoms with Gasteiger partial charge in [-0.3, -0.25) is 4.79 Å². The topological polar surface area (TPSA) is 68.2 Å². The van der Waals surface area contributed by atoms with Gasteiger partial charge in [-0.25, -0.2) is 0 Å². The molecule has 1 spiro atoms. The number of ether oxygens (including phenoxy) is 3. The largest absolute Gasteiger partial charge is 0.507 e. The van der Waals surface area contributed by atoms with Crippen LogP contribution >= 0.6 is 11.6 Å². The van der Waals surface area contributed by atoms with Crippen molar-refractivity contribution in [2.24, 2.45) is 5.41 Å². The van der Waals surface area contributed by atoms with E-state index in [-0.39, 0.29) is 22.9 Å². The lowest BCUT2D eigenvalue weighted by atomic mass is 9.78. The van der Waals surface area contributed by atoms with Crippen LogP contribution < -0.4 is 9.47 Å². The minimum absolute atomic E-state index is 0.132. The highest BCUT2D eigenvalue weighted by Crippen LogP contribution is 2.39. The van der Waals surface area contributed by atoms with Gasteiger partial charge in [0.05, 0.1) is 23.8 Å². The highest BCUT2D eigenvalue weighted by Gasteiger charge is 2.37. The molecule has 0 amide bonds. The number of hydrogen-bond acceptors (Lipinski definition) is 6. The summed E-state index contributed by atoms with van der Waals surface area (Å²) in [6.07, 6.45) is 5.30. The molecule has 5 rings (SSSR count). The molecule has 3 aromatic rings. The number of rotatable bonds is 10. The lowest BCUT2D eigenvalue weighted by Crippen LogP contribution is -2.41. The van der Waals surface area contributed by atoms with Crippen LogP contribution in [-0.4, -0.2) is 55.7 Å². The monoisotopic (exact) mass is 563 g/mol. The second kappa shape index (κ2) is 12.6. The molecule has 7 heteroatoms. The SMILES string of the molecule is Cc1c(COc2cc(O)c(C=O)cc2Cl)cccc1-c1cccc(OCCCN2CCC3(CCOC3)CC2)c1C. The highest BCUT2D eigenvalue weighted by atomic mass is 35.5. The van der Waals surface area contributed by atoms with Crippen LogP contribution in [0.25, 0.3) is 11.1 Å². The average molecular weight is 564 g/mol. The Morgan fingerprint density at radius 3 is 2.48 bits per heavy atom. The van der Waals surface area contributed by atoms with Crippen molar-refractivity contribution in [1.82, 2.24) is 4.90 Å². The summed E-state index contributed by atoms with van der Waals surface area (Å²) in [5.74, 6) is 1.09. The first kappa shape index (κ1) is 28.5. The lowest BCUT2D eigenvalue weighted by Gasteiger charge is -2.38. The standard InChI is InChI=1S/C33H38ClNO5/c1-23-25(21-40-32-19-30(37)26(20-36)18-29(32)34)6-3-7-27(23)28-8-4-9-31(24(28)2)39-16-5-13-35-14-10-33(11-15-35)12-17-38-22-33/h3-4,6-9,18-20,37H,5,10-17,21-22H2,1-2H3. The molecule has 0 aromatic heterocycles. The fraction of sp³-hybridized carbons (Fsp3) is 0.424. The van der Waals surface area contributed by atoms with Crippen LogP contribution in [0.3, 0.4) is 0 Å². The molecule has 1 N–H and O–H groups in total. The molecule has 0 aliphatic carbocycles. The number of phenolic OH excluding ortho intramolecular Hbond substituents is 1. The van der Waals surface area contributed by atoms with Crippen molar-refractivity contribution in [3.8, 4) is 28.4 Å². The number of halogens is 1. The van der Waals surface area contributed by atoms with Crippen molar-refractivity contribution in [3.05, 3.63) is 75.8 Å². The molecule has 0 bridgehead atoms. The summed E-state index contributed by atoms with van der Waals surface area (Å²) < 4.78 is 17.9. The predicted octanol–water partition coefficient (Wildman–Crippen LogP) is 6.99. The zero-order valence-corrected chi connectivity index (χ0v) is 24.1. The van der Waals surface area contributed by atoms with E-state index in [4.69, 9.17) is 25.8 Å². The average Bonchev–Trinajstić information content (AvgIpc) is 3.42. The van der Waals surface area contributed by atoms with E-state index in [1.54, 1.807) is 0 Å². The molecule has 2 aliphatic rings. The molecule has 212 valence electrons. The quantitative estimate of drug-likeness (QED) is 0.212. The van der Waals surface area contributed by atoms with E-state index in [0.29, 0.717) is 24.1 Å². The molecule has 0 radical (unpaired) electrons. The normalized spacial score (nSPS) is 16.8. The van der Waals surface area contributed by atoms with E-state index in [1.165, 1.54) is 31.4 Å². The Bertz CT molecular complexity index is 1340. The van der Waals surface area contributed by atoms with Crippen molar-refractivity contribution in [2.75, 3.05) is 39.5 Å². The van der Waals surface area contributed by atoms with Crippen LogP contribution in [0, 0.1) is 19.3 Å². The van der Waals surface area contributed by atoms with Crippen molar-refractivity contribution in [1.29, 1.82) is 0 Å². The molecule has 0 atom stereocenters. The minimum atomic E-state index is -0.157. The molecule has 2 aliphatic heterocycles. The third kappa shape index (κ3) is 6.30. The van der Waals surface area contributed by atoms with Crippen LogP contribution in [0.15, 0.2) is 48.5 Å². The second-order valence-electron chi connectivity index (χ2n) is 11.1. The maximum atomic E-state index is 11.0. The van der Waals surface area contributed by atoms with Crippen molar-refractivity contribution < 1.29 is 24.1 Å². The first-order chi connectivity index (χ1) is 19.4. The molecule has 0 saturated carbocycles. The van der Waals surface area contributed by atoms with Crippen LogP contribution in [0.1, 0.15) is 52.7 Å². The lowest BCUT2D eigenvalue weighted by molar-refractivity contribution is 0.0781. The maximum absolute atomic E-state index is 11.0. The van der Waals surface area contributed by atoms with Gasteiger partial charge in [0, 0.05) is 19.2 Å². The summed E-state index contributed by atoms with van der Waals surface area (Å²) in [7, 11) is 0. The summed E-state index contributed by atoms with van der Waals surface area (Å²) >= 11 is 6.26. The zero-order valence-electron chi connectivity index (χ0n) is 23.4. The van der Waals surface area contributed by atoms with Gasteiger partial charge >= 0.3 is 0 Å². The summed E-state index contributed by atoms with van der Waals surface area (Å²) in [5.41, 5.74) is 6.05. The van der Waals surface area contributed by atoms with Crippen LogP contribution in [0.4, 0.5) is 0 Å². The highest BCUT2D eigenvalue weighted by molar-refractivity contribution is 6.32. The van der Waals surface area contributed by atoms with E-state index in [0.717, 1.165) is 72.8 Å². The van der Waals surface area contributed by atoms with E-state index in [2.05, 4.69) is 30.9 Å². The van der Waals surface area contributed by atoms with Gasteiger partial charge in [0.15, 0.2) is 6.29 Å². The minimum Gasteiger partial charge on any atom is -0.507 e. The molecule has 0 unspecified atom stereocenters. The van der Waals surface area contributed by atoms with Gasteiger partial charge in [-0.2, -0.15) is 0 Å². The maximum Gasteiger partial charge on any atom is 0.153 e. The van der Waals surface area contributed by atoms with Gasteiger partial charge in [0.25, 0.3) is 0 Å². The fourth-order valence-corrected chi connectivity index (χ4v) is 6.10. The number of carbonyl (C=O) groups excluding carboxylic acids is 1. The molecule has 2 saturated heterocycles. The summed E-state index contributed by atoms with van der Waals surface area (Å²) in [6.45, 7) is 10.4. The number of likely N-dealkylation sites (tertiary alicyclic amines) is 1.